The molecule has 0 aliphatic heterocycles. The zero-order valence-electron chi connectivity index (χ0n) is 14.3. The largest absolute Gasteiger partial charge is 0.0715 e. The minimum atomic E-state index is -1.38. The Morgan fingerprint density at radius 2 is 1.37 bits per heavy atom. The normalized spacial score (nSPS) is 10.7. The van der Waals surface area contributed by atoms with Crippen LogP contribution in [0, 0.1) is 0 Å². The summed E-state index contributed by atoms with van der Waals surface area (Å²) in [7, 11) is -1.14. The molecule has 0 aliphatic carbocycles. The molecule has 0 aromatic rings. The first kappa shape index (κ1) is 24.4. The van der Waals surface area contributed by atoms with Gasteiger partial charge in [-0.05, 0) is 0 Å². The fourth-order valence-electron chi connectivity index (χ4n) is 0.417. The van der Waals surface area contributed by atoms with Gasteiger partial charge in [0, 0.05) is 17.6 Å². The molecule has 0 spiro atoms. The van der Waals surface area contributed by atoms with Crippen LogP contribution < -0.4 is 0 Å². The summed E-state index contributed by atoms with van der Waals surface area (Å²) >= 11 is -0.368. The van der Waals surface area contributed by atoms with Crippen LogP contribution in [0.1, 0.15) is 0 Å². The van der Waals surface area contributed by atoms with Crippen LogP contribution in [0.4, 0.5) is 0 Å². The van der Waals surface area contributed by atoms with Crippen LogP contribution >= 0.6 is 0 Å². The zero-order chi connectivity index (χ0) is 15.9. The summed E-state index contributed by atoms with van der Waals surface area (Å²) in [5.41, 5.74) is 0. The van der Waals surface area contributed by atoms with Crippen LogP contribution in [0.2, 0.25) is 64.2 Å². The molecule has 19 heavy (non-hydrogen) atoms. The van der Waals surface area contributed by atoms with Crippen molar-refractivity contribution in [1.82, 2.24) is 0 Å². The number of allylic oxidation sites excluding steroid dienone is 1. The summed E-state index contributed by atoms with van der Waals surface area (Å²) < 4.78 is 5.44. The second-order valence-corrected chi connectivity index (χ2v) is 18.8. The van der Waals surface area contributed by atoms with Gasteiger partial charge in [-0.1, -0.05) is 39.3 Å². The van der Waals surface area contributed by atoms with Crippen LogP contribution in [0.25, 0.3) is 0 Å². The fraction of sp³-hybridized carbons (Fsp3) is 0.769. The van der Waals surface area contributed by atoms with Gasteiger partial charge in [-0.3, -0.25) is 0 Å². The molecule has 0 atom stereocenters. The van der Waals surface area contributed by atoms with Crippen molar-refractivity contribution in [2.24, 2.45) is 0 Å². The Bertz CT molecular complexity index is 203. The van der Waals surface area contributed by atoms with E-state index in [-0.39, 0.29) is 33.0 Å². The van der Waals surface area contributed by atoms with Crippen molar-refractivity contribution < 1.29 is 9.22 Å². The molecule has 0 amide bonds. The van der Waals surface area contributed by atoms with Gasteiger partial charge >= 0.3 is 75.3 Å². The number of rotatable bonds is 5. The van der Waals surface area contributed by atoms with E-state index in [1.165, 1.54) is 0 Å². The first-order valence-electron chi connectivity index (χ1n) is 6.56. The molecule has 112 valence electrons. The zero-order valence-corrected chi connectivity index (χ0v) is 19.4. The minimum absolute atomic E-state index is 0.120. The predicted molar refractivity (Wildman–Crippen MR) is 97.6 cm³/mol. The third-order valence-corrected chi connectivity index (χ3v) is 3.02. The Kier molecular flexibility index (Phi) is 21.2. The van der Waals surface area contributed by atoms with Crippen molar-refractivity contribution in [2.45, 2.75) is 64.2 Å². The molecule has 0 aliphatic rings. The Morgan fingerprint density at radius 1 is 1.00 bits per heavy atom. The molecular formula is C13H32GeO2Si3. The molecular weight excluding hydrogens is 345 g/mol. The quantitative estimate of drug-likeness (QED) is 0.307. The van der Waals surface area contributed by atoms with Gasteiger partial charge in [0.2, 0.25) is 0 Å². The molecule has 6 heteroatoms. The summed E-state index contributed by atoms with van der Waals surface area (Å²) in [4.78, 5) is 9.95. The first-order chi connectivity index (χ1) is 8.52. The molecule has 0 fully saturated rings. The summed E-state index contributed by atoms with van der Waals surface area (Å²) in [6, 6.07) is 0. The SMILES string of the molecule is C[Si](C)(C)O/C=C\[CH2][Ge][CH]=O.C[Si](C)C.C[Si](C)C. The summed E-state index contributed by atoms with van der Waals surface area (Å²) in [5, 5.41) is 1.95. The van der Waals surface area contributed by atoms with E-state index in [4.69, 9.17) is 4.43 Å². The topological polar surface area (TPSA) is 26.3 Å². The fourth-order valence-corrected chi connectivity index (χ4v) is 1.61. The van der Waals surface area contributed by atoms with Gasteiger partial charge < -0.3 is 0 Å². The maximum absolute atomic E-state index is 9.95. The molecule has 0 N–H and O–H groups in total. The Morgan fingerprint density at radius 3 is 1.63 bits per heavy atom. The molecule has 0 saturated heterocycles. The molecule has 0 aromatic heterocycles. The van der Waals surface area contributed by atoms with Gasteiger partial charge in [0.15, 0.2) is 0 Å². The van der Waals surface area contributed by atoms with Gasteiger partial charge in [-0.2, -0.15) is 0 Å². The molecule has 0 aromatic carbocycles. The van der Waals surface area contributed by atoms with Crippen LogP contribution in [0.5, 0.6) is 0 Å². The van der Waals surface area contributed by atoms with E-state index in [1.54, 1.807) is 6.26 Å². The molecule has 0 heterocycles. The maximum Gasteiger partial charge on any atom is 0.0379 e. The summed E-state index contributed by atoms with van der Waals surface area (Å²) in [6.07, 6.45) is 3.70. The third kappa shape index (κ3) is 70.1. The first-order valence-corrected chi connectivity index (χ1v) is 18.7. The van der Waals surface area contributed by atoms with E-state index in [0.717, 1.165) is 10.4 Å². The molecule has 2 nitrogen and oxygen atoms in total. The maximum atomic E-state index is 9.95. The van der Waals surface area contributed by atoms with Crippen molar-refractivity contribution in [3.8, 4) is 0 Å². The average Bonchev–Trinajstić information content (AvgIpc) is 2.13. The molecule has 4 radical (unpaired) electrons. The van der Waals surface area contributed by atoms with Crippen LogP contribution in [0.3, 0.4) is 0 Å². The second kappa shape index (κ2) is 16.5. The minimum Gasteiger partial charge on any atom is -0.0715 e. The van der Waals surface area contributed by atoms with Crippen molar-refractivity contribution >= 4 is 46.5 Å². The van der Waals surface area contributed by atoms with Crippen molar-refractivity contribution in [2.75, 3.05) is 0 Å². The van der Waals surface area contributed by atoms with Crippen molar-refractivity contribution in [3.05, 3.63) is 12.3 Å². The smallest absolute Gasteiger partial charge is 0.0379 e. The average molecular weight is 377 g/mol. The third-order valence-electron chi connectivity index (χ3n) is 0.837. The molecule has 0 unspecified atom stereocenters. The van der Waals surface area contributed by atoms with E-state index >= 15 is 0 Å². The number of hydrogen-bond acceptors (Lipinski definition) is 2. The van der Waals surface area contributed by atoms with E-state index in [9.17, 15) is 4.79 Å². The van der Waals surface area contributed by atoms with Crippen LogP contribution in [-0.4, -0.2) is 46.5 Å². The van der Waals surface area contributed by atoms with E-state index < -0.39 is 8.32 Å². The molecule has 0 bridgehead atoms. The summed E-state index contributed by atoms with van der Waals surface area (Å²) in [5.74, 6) is 0. The van der Waals surface area contributed by atoms with Gasteiger partial charge in [-0.25, -0.2) is 0 Å². The number of carbonyl (C=O) groups excluding carboxylic acids is 1. The van der Waals surface area contributed by atoms with Crippen LogP contribution in [0.15, 0.2) is 12.3 Å². The van der Waals surface area contributed by atoms with E-state index in [2.05, 4.69) is 58.9 Å². The van der Waals surface area contributed by atoms with E-state index in [0.29, 0.717) is 0 Å². The predicted octanol–water partition coefficient (Wildman–Crippen LogP) is 4.41. The van der Waals surface area contributed by atoms with Gasteiger partial charge in [-0.15, -0.1) is 0 Å². The summed E-state index contributed by atoms with van der Waals surface area (Å²) in [6.45, 7) is 20.0. The molecule has 0 saturated carbocycles. The van der Waals surface area contributed by atoms with Crippen molar-refractivity contribution in [1.29, 1.82) is 0 Å². The molecule has 0 rings (SSSR count). The van der Waals surface area contributed by atoms with E-state index in [1.807, 2.05) is 6.08 Å². The van der Waals surface area contributed by atoms with Gasteiger partial charge in [0.25, 0.3) is 0 Å². The van der Waals surface area contributed by atoms with Gasteiger partial charge in [0.1, 0.15) is 0 Å². The monoisotopic (exact) mass is 378 g/mol. The standard InChI is InChI=1S/C7H14GeO2Si.2C3H9Si/c1-11(2,3)10-6-4-5-8-7-9;2*1-4(2)3/h4,6-7H,5H2,1-3H3;2*1-3H3/b6-4-;;. The Balaban J connectivity index is -0.000000264. The van der Waals surface area contributed by atoms with Gasteiger partial charge in [0.05, 0.1) is 0 Å². The Hall–Kier alpha value is 0.404. The number of hydrogen-bond donors (Lipinski definition) is 0. The van der Waals surface area contributed by atoms with Crippen molar-refractivity contribution in [3.63, 3.8) is 0 Å². The second-order valence-electron chi connectivity index (χ2n) is 6.13. The van der Waals surface area contributed by atoms with Crippen LogP contribution in [-0.2, 0) is 9.22 Å². The number of carbonyl (C=O) groups is 1. The Labute approximate surface area is 132 Å².